The second-order valence-electron chi connectivity index (χ2n) is 8.84. The van der Waals surface area contributed by atoms with Crippen molar-refractivity contribution in [2.24, 2.45) is 5.73 Å². The number of rotatable bonds is 2. The number of benzene rings is 1. The van der Waals surface area contributed by atoms with Gasteiger partial charge in [-0.15, -0.1) is 0 Å². The number of pyridine rings is 1. The van der Waals surface area contributed by atoms with E-state index >= 15 is 0 Å². The number of nitrogens with zero attached hydrogens (tertiary/aromatic N) is 5. The lowest BCUT2D eigenvalue weighted by molar-refractivity contribution is 0.661. The molecule has 6 rings (SSSR count). The molecule has 4 aromatic rings. The fourth-order valence-electron chi connectivity index (χ4n) is 5.07. The van der Waals surface area contributed by atoms with Crippen LogP contribution in [0.2, 0.25) is 0 Å². The van der Waals surface area contributed by atoms with E-state index in [0.29, 0.717) is 5.65 Å². The van der Waals surface area contributed by atoms with Crippen molar-refractivity contribution >= 4 is 28.2 Å². The van der Waals surface area contributed by atoms with E-state index in [1.807, 2.05) is 18.5 Å². The maximum absolute atomic E-state index is 6.55. The predicted molar refractivity (Wildman–Crippen MR) is 130 cm³/mol. The lowest BCUT2D eigenvalue weighted by atomic mass is 9.95. The van der Waals surface area contributed by atoms with Crippen LogP contribution in [0.4, 0.5) is 11.5 Å². The minimum atomic E-state index is 0.0333. The molecule has 7 nitrogen and oxygen atoms in total. The van der Waals surface area contributed by atoms with Crippen molar-refractivity contribution in [2.45, 2.75) is 44.6 Å². The Kier molecular flexibility index (Phi) is 5.11. The minimum Gasteiger partial charge on any atom is -0.324 e. The highest BCUT2D eigenvalue weighted by molar-refractivity contribution is 5.87. The van der Waals surface area contributed by atoms with Gasteiger partial charge < -0.3 is 10.6 Å². The third-order valence-corrected chi connectivity index (χ3v) is 6.77. The number of anilines is 2. The first-order valence-corrected chi connectivity index (χ1v) is 11.7. The maximum atomic E-state index is 6.55. The maximum Gasteiger partial charge on any atom is 0.183 e. The SMILES string of the molecule is N[C@@H]1CC/C(c2cnc3c(N4CCCc5ncccc54)n[nH]c3n2)=C\CCc2ccccc21. The van der Waals surface area contributed by atoms with Crippen molar-refractivity contribution < 1.29 is 0 Å². The number of H-pyrrole nitrogens is 1. The monoisotopic (exact) mass is 437 g/mol. The average molecular weight is 438 g/mol. The molecule has 7 heteroatoms. The van der Waals surface area contributed by atoms with Crippen LogP contribution in [0.15, 0.2) is 54.9 Å². The van der Waals surface area contributed by atoms with Crippen molar-refractivity contribution in [1.29, 1.82) is 0 Å². The van der Waals surface area contributed by atoms with Gasteiger partial charge in [-0.05, 0) is 67.4 Å². The Morgan fingerprint density at radius 3 is 2.94 bits per heavy atom. The van der Waals surface area contributed by atoms with E-state index in [4.69, 9.17) is 15.7 Å². The minimum absolute atomic E-state index is 0.0333. The Hall–Kier alpha value is -3.58. The standard InChI is InChI=1S/C26H27N7/c27-20-13-12-18(8-3-7-17-6-1-2-9-19(17)20)22-16-29-24-25(30-22)31-32-26(24)33-15-5-10-21-23(33)11-4-14-28-21/h1-2,4,6,8-9,11,14,16,20H,3,5,7,10,12-13,15,27H2,(H,30,31,32)/b18-8+/t20-/m1/s1. The molecule has 1 aliphatic heterocycles. The number of hydrogen-bond acceptors (Lipinski definition) is 6. The third-order valence-electron chi connectivity index (χ3n) is 6.77. The number of hydrogen-bond donors (Lipinski definition) is 2. The molecule has 1 aromatic carbocycles. The summed E-state index contributed by atoms with van der Waals surface area (Å²) in [6.45, 7) is 0.895. The molecule has 0 saturated heterocycles. The van der Waals surface area contributed by atoms with E-state index in [9.17, 15) is 0 Å². The molecule has 33 heavy (non-hydrogen) atoms. The molecular weight excluding hydrogens is 410 g/mol. The van der Waals surface area contributed by atoms with E-state index in [1.54, 1.807) is 0 Å². The second kappa shape index (κ2) is 8.41. The van der Waals surface area contributed by atoms with Gasteiger partial charge in [0.25, 0.3) is 0 Å². The zero-order chi connectivity index (χ0) is 22.2. The lowest BCUT2D eigenvalue weighted by Gasteiger charge is -2.28. The molecule has 0 amide bonds. The summed E-state index contributed by atoms with van der Waals surface area (Å²) in [6.07, 6.45) is 11.8. The molecule has 1 aliphatic carbocycles. The zero-order valence-corrected chi connectivity index (χ0v) is 18.5. The van der Waals surface area contributed by atoms with E-state index in [1.165, 1.54) is 16.7 Å². The number of aromatic amines is 1. The van der Waals surface area contributed by atoms with Crippen LogP contribution < -0.4 is 10.6 Å². The Labute approximate surface area is 192 Å². The fraction of sp³-hybridized carbons (Fsp3) is 0.308. The molecule has 0 radical (unpaired) electrons. The zero-order valence-electron chi connectivity index (χ0n) is 18.5. The van der Waals surface area contributed by atoms with Crippen LogP contribution in [0.1, 0.15) is 54.2 Å². The summed E-state index contributed by atoms with van der Waals surface area (Å²) in [5, 5.41) is 7.72. The molecule has 3 N–H and O–H groups in total. The molecule has 2 aliphatic rings. The molecular formula is C26H27N7. The number of aromatic nitrogens is 5. The summed E-state index contributed by atoms with van der Waals surface area (Å²) in [5.74, 6) is 0.818. The topological polar surface area (TPSA) is 96.6 Å². The van der Waals surface area contributed by atoms with E-state index in [0.717, 1.165) is 73.5 Å². The van der Waals surface area contributed by atoms with Crippen molar-refractivity contribution in [3.8, 4) is 0 Å². The highest BCUT2D eigenvalue weighted by atomic mass is 15.3. The number of nitrogens with two attached hydrogens (primary N) is 1. The van der Waals surface area contributed by atoms with Crippen LogP contribution >= 0.6 is 0 Å². The van der Waals surface area contributed by atoms with Crippen molar-refractivity contribution in [1.82, 2.24) is 25.1 Å². The second-order valence-corrected chi connectivity index (χ2v) is 8.84. The van der Waals surface area contributed by atoms with Gasteiger partial charge in [-0.2, -0.15) is 5.10 Å². The summed E-state index contributed by atoms with van der Waals surface area (Å²) < 4.78 is 0. The van der Waals surface area contributed by atoms with Gasteiger partial charge in [0.05, 0.1) is 23.3 Å². The molecule has 166 valence electrons. The first-order chi connectivity index (χ1) is 16.3. The third kappa shape index (κ3) is 3.68. The van der Waals surface area contributed by atoms with Gasteiger partial charge in [-0.3, -0.25) is 10.1 Å². The summed E-state index contributed by atoms with van der Waals surface area (Å²) in [7, 11) is 0. The van der Waals surface area contributed by atoms with Crippen LogP contribution in [0, 0.1) is 0 Å². The van der Waals surface area contributed by atoms with Crippen LogP contribution in [0.25, 0.3) is 16.7 Å². The molecule has 4 heterocycles. The quantitative estimate of drug-likeness (QED) is 0.474. The fourth-order valence-corrected chi connectivity index (χ4v) is 5.07. The van der Waals surface area contributed by atoms with Gasteiger partial charge in [0.15, 0.2) is 17.0 Å². The largest absolute Gasteiger partial charge is 0.324 e. The number of fused-ring (bicyclic) bond motifs is 3. The highest BCUT2D eigenvalue weighted by Crippen LogP contribution is 2.35. The number of allylic oxidation sites excluding steroid dienone is 2. The molecule has 0 fully saturated rings. The highest BCUT2D eigenvalue weighted by Gasteiger charge is 2.24. The lowest BCUT2D eigenvalue weighted by Crippen LogP contribution is -2.25. The Balaban J connectivity index is 1.31. The summed E-state index contributed by atoms with van der Waals surface area (Å²) in [4.78, 5) is 16.5. The van der Waals surface area contributed by atoms with Gasteiger partial charge in [-0.1, -0.05) is 30.3 Å². The van der Waals surface area contributed by atoms with Gasteiger partial charge >= 0.3 is 0 Å². The first-order valence-electron chi connectivity index (χ1n) is 11.7. The van der Waals surface area contributed by atoms with Crippen molar-refractivity contribution in [3.63, 3.8) is 0 Å². The van der Waals surface area contributed by atoms with Gasteiger partial charge in [0.2, 0.25) is 0 Å². The van der Waals surface area contributed by atoms with Crippen LogP contribution in [0.5, 0.6) is 0 Å². The summed E-state index contributed by atoms with van der Waals surface area (Å²) >= 11 is 0. The van der Waals surface area contributed by atoms with E-state index in [2.05, 4.69) is 56.5 Å². The molecule has 3 aromatic heterocycles. The number of aryl methyl sites for hydroxylation is 2. The van der Waals surface area contributed by atoms with Crippen LogP contribution in [-0.4, -0.2) is 31.7 Å². The van der Waals surface area contributed by atoms with Crippen molar-refractivity contribution in [2.75, 3.05) is 11.4 Å². The molecule has 0 spiro atoms. The molecule has 0 unspecified atom stereocenters. The predicted octanol–water partition coefficient (Wildman–Crippen LogP) is 4.64. The van der Waals surface area contributed by atoms with E-state index in [-0.39, 0.29) is 6.04 Å². The Bertz CT molecular complexity index is 1340. The van der Waals surface area contributed by atoms with Gasteiger partial charge in [-0.25, -0.2) is 9.97 Å². The van der Waals surface area contributed by atoms with Gasteiger partial charge in [0.1, 0.15) is 0 Å². The van der Waals surface area contributed by atoms with Crippen LogP contribution in [-0.2, 0) is 12.8 Å². The Morgan fingerprint density at radius 1 is 1.03 bits per heavy atom. The first kappa shape index (κ1) is 20.1. The normalized spacial score (nSPS) is 20.2. The van der Waals surface area contributed by atoms with Gasteiger partial charge in [0, 0.05) is 18.8 Å². The van der Waals surface area contributed by atoms with Crippen LogP contribution in [0.3, 0.4) is 0 Å². The number of nitrogens with one attached hydrogen (secondary N) is 1. The molecule has 0 bridgehead atoms. The summed E-state index contributed by atoms with van der Waals surface area (Å²) in [6, 6.07) is 12.6. The summed E-state index contributed by atoms with van der Waals surface area (Å²) in [5.41, 5.74) is 15.0. The van der Waals surface area contributed by atoms with Crippen molar-refractivity contribution in [3.05, 3.63) is 77.4 Å². The van der Waals surface area contributed by atoms with E-state index < -0.39 is 0 Å². The Morgan fingerprint density at radius 2 is 1.97 bits per heavy atom. The molecule has 1 atom stereocenters. The smallest absolute Gasteiger partial charge is 0.183 e. The molecule has 0 saturated carbocycles. The average Bonchev–Trinajstić information content (AvgIpc) is 3.31.